The molecule has 1 saturated carbocycles. The van der Waals surface area contributed by atoms with E-state index in [4.69, 9.17) is 14.6 Å². The van der Waals surface area contributed by atoms with E-state index < -0.39 is 5.60 Å². The molecule has 0 aromatic heterocycles. The van der Waals surface area contributed by atoms with Gasteiger partial charge in [0.15, 0.2) is 0 Å². The van der Waals surface area contributed by atoms with Gasteiger partial charge in [0.1, 0.15) is 5.60 Å². The largest absolute Gasteiger partial charge is 0.444 e. The Hall–Kier alpha value is -0.810. The molecule has 0 atom stereocenters. The van der Waals surface area contributed by atoms with E-state index in [9.17, 15) is 4.79 Å². The maximum absolute atomic E-state index is 11.7. The Morgan fingerprint density at radius 2 is 2.00 bits per heavy atom. The fourth-order valence-electron chi connectivity index (χ4n) is 1.94. The summed E-state index contributed by atoms with van der Waals surface area (Å²) in [4.78, 5) is 13.2. The summed E-state index contributed by atoms with van der Waals surface area (Å²) in [7, 11) is 1.74. The molecule has 0 unspecified atom stereocenters. The van der Waals surface area contributed by atoms with Gasteiger partial charge < -0.3 is 19.5 Å². The molecule has 19 heavy (non-hydrogen) atoms. The summed E-state index contributed by atoms with van der Waals surface area (Å²) in [5, 5.41) is 8.89. The first-order valence-electron chi connectivity index (χ1n) is 6.98. The molecule has 112 valence electrons. The number of carbonyl (C=O) groups is 1. The van der Waals surface area contributed by atoms with E-state index in [0.717, 1.165) is 19.3 Å². The molecular formula is C14H27NO4. The summed E-state index contributed by atoms with van der Waals surface area (Å²) in [6, 6.07) is 0. The van der Waals surface area contributed by atoms with Gasteiger partial charge in [-0.1, -0.05) is 0 Å². The first-order valence-corrected chi connectivity index (χ1v) is 6.98. The van der Waals surface area contributed by atoms with Gasteiger partial charge in [-0.05, 0) is 46.0 Å². The molecule has 0 radical (unpaired) electrons. The molecule has 0 bridgehead atoms. The lowest BCUT2D eigenvalue weighted by Crippen LogP contribution is -2.36. The van der Waals surface area contributed by atoms with Crippen molar-refractivity contribution in [3.8, 4) is 0 Å². The summed E-state index contributed by atoms with van der Waals surface area (Å²) in [6.45, 7) is 7.12. The van der Waals surface area contributed by atoms with E-state index in [-0.39, 0.29) is 12.7 Å². The van der Waals surface area contributed by atoms with Crippen LogP contribution in [0.25, 0.3) is 0 Å². The Balaban J connectivity index is 2.04. The van der Waals surface area contributed by atoms with Gasteiger partial charge in [-0.2, -0.15) is 0 Å². The summed E-state index contributed by atoms with van der Waals surface area (Å²) in [5.41, 5.74) is -0.451. The quantitative estimate of drug-likeness (QED) is 0.752. The summed E-state index contributed by atoms with van der Waals surface area (Å²) in [6.07, 6.45) is 2.72. The SMILES string of the molecule is CN(CCCO[C@H]1C[C@H](CO)C1)C(=O)OC(C)(C)C. The topological polar surface area (TPSA) is 59.0 Å². The van der Waals surface area contributed by atoms with E-state index in [1.54, 1.807) is 11.9 Å². The van der Waals surface area contributed by atoms with Crippen molar-refractivity contribution in [3.63, 3.8) is 0 Å². The first kappa shape index (κ1) is 16.2. The number of carbonyl (C=O) groups excluding carboxylic acids is 1. The van der Waals surface area contributed by atoms with Crippen molar-refractivity contribution < 1.29 is 19.4 Å². The third-order valence-corrected chi connectivity index (χ3v) is 3.15. The fourth-order valence-corrected chi connectivity index (χ4v) is 1.94. The summed E-state index contributed by atoms with van der Waals surface area (Å²) >= 11 is 0. The van der Waals surface area contributed by atoms with Crippen LogP contribution < -0.4 is 0 Å². The highest BCUT2D eigenvalue weighted by Gasteiger charge is 2.28. The average Bonchev–Trinajstić information content (AvgIpc) is 2.23. The molecular weight excluding hydrogens is 246 g/mol. The van der Waals surface area contributed by atoms with Crippen LogP contribution in [-0.4, -0.2) is 54.6 Å². The van der Waals surface area contributed by atoms with Crippen LogP contribution in [0.15, 0.2) is 0 Å². The standard InChI is InChI=1S/C14H27NO4/c1-14(2,3)19-13(17)15(4)6-5-7-18-12-8-11(9-12)10-16/h11-12,16H,5-10H2,1-4H3/t11-,12-. The zero-order valence-corrected chi connectivity index (χ0v) is 12.5. The smallest absolute Gasteiger partial charge is 0.410 e. The van der Waals surface area contributed by atoms with Crippen molar-refractivity contribution in [2.45, 2.75) is 51.7 Å². The van der Waals surface area contributed by atoms with Gasteiger partial charge in [-0.25, -0.2) is 4.79 Å². The molecule has 1 fully saturated rings. The third kappa shape index (κ3) is 6.25. The van der Waals surface area contributed by atoms with Gasteiger partial charge in [-0.15, -0.1) is 0 Å². The Morgan fingerprint density at radius 1 is 1.37 bits per heavy atom. The van der Waals surface area contributed by atoms with Crippen molar-refractivity contribution in [2.24, 2.45) is 5.92 Å². The number of amides is 1. The van der Waals surface area contributed by atoms with Crippen LogP contribution in [0, 0.1) is 5.92 Å². The number of rotatable bonds is 6. The third-order valence-electron chi connectivity index (χ3n) is 3.15. The second-order valence-electron chi connectivity index (χ2n) is 6.27. The van der Waals surface area contributed by atoms with E-state index >= 15 is 0 Å². The zero-order chi connectivity index (χ0) is 14.5. The molecule has 5 heteroatoms. The zero-order valence-electron chi connectivity index (χ0n) is 12.5. The molecule has 0 aromatic carbocycles. The van der Waals surface area contributed by atoms with E-state index in [1.807, 2.05) is 20.8 Å². The van der Waals surface area contributed by atoms with Gasteiger partial charge in [0.2, 0.25) is 0 Å². The van der Waals surface area contributed by atoms with Gasteiger partial charge in [-0.3, -0.25) is 0 Å². The summed E-state index contributed by atoms with van der Waals surface area (Å²) < 4.78 is 10.9. The molecule has 5 nitrogen and oxygen atoms in total. The van der Waals surface area contributed by atoms with Crippen LogP contribution >= 0.6 is 0 Å². The molecule has 0 aromatic rings. The normalized spacial score (nSPS) is 22.8. The lowest BCUT2D eigenvalue weighted by atomic mass is 9.83. The van der Waals surface area contributed by atoms with Gasteiger partial charge >= 0.3 is 6.09 Å². The van der Waals surface area contributed by atoms with Crippen LogP contribution in [-0.2, 0) is 9.47 Å². The first-order chi connectivity index (χ1) is 8.81. The van der Waals surface area contributed by atoms with E-state index in [0.29, 0.717) is 25.2 Å². The Bertz CT molecular complexity index is 282. The van der Waals surface area contributed by atoms with Crippen LogP contribution in [0.2, 0.25) is 0 Å². The molecule has 0 saturated heterocycles. The number of ether oxygens (including phenoxy) is 2. The highest BCUT2D eigenvalue weighted by atomic mass is 16.6. The van der Waals surface area contributed by atoms with Crippen LogP contribution in [0.5, 0.6) is 0 Å². The molecule has 0 spiro atoms. The predicted octanol–water partition coefficient (Wildman–Crippen LogP) is 2.03. The monoisotopic (exact) mass is 273 g/mol. The van der Waals surface area contributed by atoms with Gasteiger partial charge in [0.25, 0.3) is 0 Å². The maximum atomic E-state index is 11.7. The van der Waals surface area contributed by atoms with Gasteiger partial charge in [0.05, 0.1) is 6.10 Å². The Morgan fingerprint density at radius 3 is 2.53 bits per heavy atom. The van der Waals surface area contributed by atoms with E-state index in [1.165, 1.54) is 0 Å². The number of hydrogen-bond acceptors (Lipinski definition) is 4. The second-order valence-corrected chi connectivity index (χ2v) is 6.27. The predicted molar refractivity (Wildman–Crippen MR) is 73.0 cm³/mol. The van der Waals surface area contributed by atoms with Crippen LogP contribution in [0.1, 0.15) is 40.0 Å². The average molecular weight is 273 g/mol. The van der Waals surface area contributed by atoms with Crippen molar-refractivity contribution in [3.05, 3.63) is 0 Å². The van der Waals surface area contributed by atoms with Crippen molar-refractivity contribution in [1.29, 1.82) is 0 Å². The molecule has 1 aliphatic rings. The molecule has 0 aliphatic heterocycles. The maximum Gasteiger partial charge on any atom is 0.410 e. The Labute approximate surface area is 115 Å². The second kappa shape index (κ2) is 7.10. The van der Waals surface area contributed by atoms with Gasteiger partial charge in [0, 0.05) is 26.8 Å². The molecule has 1 N–H and O–H groups in total. The summed E-state index contributed by atoms with van der Waals surface area (Å²) in [5.74, 6) is 0.425. The van der Waals surface area contributed by atoms with Crippen LogP contribution in [0.3, 0.4) is 0 Å². The molecule has 1 aliphatic carbocycles. The molecule has 0 heterocycles. The molecule has 1 rings (SSSR count). The number of aliphatic hydroxyl groups excluding tert-OH is 1. The van der Waals surface area contributed by atoms with Crippen molar-refractivity contribution in [2.75, 3.05) is 26.8 Å². The minimum Gasteiger partial charge on any atom is -0.444 e. The molecule has 1 amide bonds. The number of nitrogens with zero attached hydrogens (tertiary/aromatic N) is 1. The van der Waals surface area contributed by atoms with Crippen LogP contribution in [0.4, 0.5) is 4.79 Å². The number of aliphatic hydroxyl groups is 1. The Kier molecular flexibility index (Phi) is 6.07. The highest BCUT2D eigenvalue weighted by molar-refractivity contribution is 5.67. The van der Waals surface area contributed by atoms with Crippen molar-refractivity contribution >= 4 is 6.09 Å². The lowest BCUT2D eigenvalue weighted by molar-refractivity contribution is -0.0468. The highest BCUT2D eigenvalue weighted by Crippen LogP contribution is 2.29. The minimum absolute atomic E-state index is 0.265. The fraction of sp³-hybridized carbons (Fsp3) is 0.929. The number of hydrogen-bond donors (Lipinski definition) is 1. The minimum atomic E-state index is -0.451. The van der Waals surface area contributed by atoms with Crippen molar-refractivity contribution in [1.82, 2.24) is 4.90 Å². The lowest BCUT2D eigenvalue weighted by Gasteiger charge is -2.34. The van der Waals surface area contributed by atoms with E-state index in [2.05, 4.69) is 0 Å².